The zero-order valence-corrected chi connectivity index (χ0v) is 14.1. The third kappa shape index (κ3) is 4.08. The van der Waals surface area contributed by atoms with E-state index in [1.165, 1.54) is 22.3 Å². The summed E-state index contributed by atoms with van der Waals surface area (Å²) in [6.45, 7) is 2.15. The highest BCUT2D eigenvalue weighted by Gasteiger charge is 2.33. The molecule has 1 fully saturated rings. The van der Waals surface area contributed by atoms with Gasteiger partial charge in [-0.3, -0.25) is 9.59 Å². The average molecular weight is 344 g/mol. The van der Waals surface area contributed by atoms with Crippen molar-refractivity contribution < 1.29 is 22.5 Å². The quantitative estimate of drug-likeness (QED) is 0.757. The number of sulfonamides is 1. The van der Waals surface area contributed by atoms with E-state index in [0.717, 1.165) is 6.26 Å². The zero-order chi connectivity index (χ0) is 17.2. The molecule has 10 heteroatoms. The fourth-order valence-corrected chi connectivity index (χ4v) is 3.33. The van der Waals surface area contributed by atoms with Crippen molar-refractivity contribution in [2.45, 2.75) is 6.92 Å². The van der Waals surface area contributed by atoms with Gasteiger partial charge >= 0.3 is 0 Å². The van der Waals surface area contributed by atoms with Crippen LogP contribution in [0.5, 0.6) is 0 Å². The van der Waals surface area contributed by atoms with Gasteiger partial charge in [-0.2, -0.15) is 4.31 Å². The van der Waals surface area contributed by atoms with Crippen LogP contribution in [0.4, 0.5) is 0 Å². The van der Waals surface area contributed by atoms with Gasteiger partial charge in [0.05, 0.1) is 12.2 Å². The van der Waals surface area contributed by atoms with Crippen LogP contribution in [0.3, 0.4) is 0 Å². The molecule has 2 heterocycles. The number of amides is 2. The van der Waals surface area contributed by atoms with Crippen LogP contribution in [-0.2, 0) is 14.8 Å². The van der Waals surface area contributed by atoms with Gasteiger partial charge in [0.2, 0.25) is 15.9 Å². The molecule has 2 rings (SSSR count). The molecule has 1 aromatic rings. The summed E-state index contributed by atoms with van der Waals surface area (Å²) in [5.74, 6) is -0.834. The lowest BCUT2D eigenvalue weighted by Gasteiger charge is -2.22. The van der Waals surface area contributed by atoms with Crippen molar-refractivity contribution in [1.29, 1.82) is 0 Å². The maximum Gasteiger partial charge on any atom is 0.276 e. The lowest BCUT2D eigenvalue weighted by molar-refractivity contribution is -0.124. The molecule has 0 aromatic carbocycles. The Kier molecular flexibility index (Phi) is 5.05. The SMILES string of the molecule is CNC(=O)C1CN(C(=O)c2cc(C)on2)CCN(S(C)(=O)=O)C1. The summed E-state index contributed by atoms with van der Waals surface area (Å²) in [5.41, 5.74) is 0.144. The smallest absolute Gasteiger partial charge is 0.276 e. The van der Waals surface area contributed by atoms with Gasteiger partial charge in [-0.15, -0.1) is 0 Å². The molecule has 0 aliphatic carbocycles. The Morgan fingerprint density at radius 3 is 2.57 bits per heavy atom. The number of carbonyl (C=O) groups is 2. The summed E-state index contributed by atoms with van der Waals surface area (Å²) in [5, 5.41) is 6.19. The number of nitrogens with one attached hydrogen (secondary N) is 1. The summed E-state index contributed by atoms with van der Waals surface area (Å²) in [6, 6.07) is 1.51. The molecule has 0 bridgehead atoms. The highest BCUT2D eigenvalue weighted by Crippen LogP contribution is 2.15. The molecule has 23 heavy (non-hydrogen) atoms. The van der Waals surface area contributed by atoms with Crippen LogP contribution in [0.25, 0.3) is 0 Å². The minimum Gasteiger partial charge on any atom is -0.361 e. The number of aromatic nitrogens is 1. The van der Waals surface area contributed by atoms with E-state index in [2.05, 4.69) is 10.5 Å². The third-order valence-corrected chi connectivity index (χ3v) is 4.97. The molecule has 0 saturated carbocycles. The topological polar surface area (TPSA) is 113 Å². The molecular weight excluding hydrogens is 324 g/mol. The van der Waals surface area contributed by atoms with Crippen LogP contribution in [0.2, 0.25) is 0 Å². The largest absolute Gasteiger partial charge is 0.361 e. The molecule has 1 aliphatic heterocycles. The van der Waals surface area contributed by atoms with Crippen LogP contribution >= 0.6 is 0 Å². The van der Waals surface area contributed by atoms with E-state index in [4.69, 9.17) is 4.52 Å². The number of rotatable bonds is 3. The van der Waals surface area contributed by atoms with Gasteiger partial charge in [-0.1, -0.05) is 5.16 Å². The summed E-state index contributed by atoms with van der Waals surface area (Å²) in [6.07, 6.45) is 1.09. The Hall–Kier alpha value is -1.94. The normalized spacial score (nSPS) is 20.1. The van der Waals surface area contributed by atoms with E-state index < -0.39 is 15.9 Å². The average Bonchev–Trinajstić information content (AvgIpc) is 2.78. The first kappa shape index (κ1) is 17.4. The number of hydrogen-bond donors (Lipinski definition) is 1. The van der Waals surface area contributed by atoms with Crippen molar-refractivity contribution >= 4 is 21.8 Å². The summed E-state index contributed by atoms with van der Waals surface area (Å²) >= 11 is 0. The van der Waals surface area contributed by atoms with Gasteiger partial charge in [0.1, 0.15) is 5.76 Å². The standard InChI is InChI=1S/C13H20N4O5S/c1-9-6-11(15-22-9)13(19)16-4-5-17(23(3,20)21)8-10(7-16)12(18)14-2/h6,10H,4-5,7-8H2,1-3H3,(H,14,18). The van der Waals surface area contributed by atoms with Gasteiger partial charge in [-0.25, -0.2) is 8.42 Å². The van der Waals surface area contributed by atoms with E-state index in [1.54, 1.807) is 6.92 Å². The number of nitrogens with zero attached hydrogens (tertiary/aromatic N) is 3. The van der Waals surface area contributed by atoms with Crippen molar-refractivity contribution in [2.24, 2.45) is 5.92 Å². The van der Waals surface area contributed by atoms with Gasteiger partial charge in [0, 0.05) is 39.3 Å². The Morgan fingerprint density at radius 1 is 1.35 bits per heavy atom. The molecule has 1 aromatic heterocycles. The first-order valence-electron chi connectivity index (χ1n) is 7.11. The number of hydrogen-bond acceptors (Lipinski definition) is 6. The lowest BCUT2D eigenvalue weighted by Crippen LogP contribution is -2.42. The van der Waals surface area contributed by atoms with Gasteiger partial charge < -0.3 is 14.7 Å². The number of aryl methyl sites for hydroxylation is 1. The molecule has 9 nitrogen and oxygen atoms in total. The van der Waals surface area contributed by atoms with E-state index in [-0.39, 0.29) is 43.7 Å². The van der Waals surface area contributed by atoms with Crippen molar-refractivity contribution in [3.05, 3.63) is 17.5 Å². The van der Waals surface area contributed by atoms with Crippen LogP contribution in [0.15, 0.2) is 10.6 Å². The Bertz CT molecular complexity index is 699. The van der Waals surface area contributed by atoms with E-state index in [9.17, 15) is 18.0 Å². The second-order valence-electron chi connectivity index (χ2n) is 5.51. The first-order chi connectivity index (χ1) is 10.7. The molecule has 0 radical (unpaired) electrons. The Balaban J connectivity index is 2.24. The molecule has 1 atom stereocenters. The highest BCUT2D eigenvalue weighted by atomic mass is 32.2. The Morgan fingerprint density at radius 2 is 2.04 bits per heavy atom. The van der Waals surface area contributed by atoms with Crippen molar-refractivity contribution in [3.63, 3.8) is 0 Å². The van der Waals surface area contributed by atoms with Crippen molar-refractivity contribution in [2.75, 3.05) is 39.5 Å². The maximum absolute atomic E-state index is 12.5. The Labute approximate surface area is 134 Å². The predicted octanol–water partition coefficient (Wildman–Crippen LogP) is -0.937. The molecule has 1 unspecified atom stereocenters. The maximum atomic E-state index is 12.5. The van der Waals surface area contributed by atoms with Crippen molar-refractivity contribution in [3.8, 4) is 0 Å². The van der Waals surface area contributed by atoms with Crippen LogP contribution < -0.4 is 5.32 Å². The first-order valence-corrected chi connectivity index (χ1v) is 8.96. The van der Waals surface area contributed by atoms with Crippen LogP contribution in [-0.4, -0.2) is 74.1 Å². The third-order valence-electron chi connectivity index (χ3n) is 3.70. The minimum atomic E-state index is -3.45. The molecular formula is C13H20N4O5S. The zero-order valence-electron chi connectivity index (χ0n) is 13.3. The molecule has 1 aliphatic rings. The minimum absolute atomic E-state index is 0.0418. The second kappa shape index (κ2) is 6.67. The fourth-order valence-electron chi connectivity index (χ4n) is 2.47. The highest BCUT2D eigenvalue weighted by molar-refractivity contribution is 7.88. The summed E-state index contributed by atoms with van der Waals surface area (Å²) < 4.78 is 29.7. The summed E-state index contributed by atoms with van der Waals surface area (Å²) in [7, 11) is -1.97. The van der Waals surface area contributed by atoms with E-state index >= 15 is 0 Å². The van der Waals surface area contributed by atoms with Crippen LogP contribution in [0.1, 0.15) is 16.2 Å². The fraction of sp³-hybridized carbons (Fsp3) is 0.615. The van der Waals surface area contributed by atoms with E-state index in [1.807, 2.05) is 0 Å². The second-order valence-corrected chi connectivity index (χ2v) is 7.49. The summed E-state index contributed by atoms with van der Waals surface area (Å²) in [4.78, 5) is 25.9. The molecule has 1 N–H and O–H groups in total. The molecule has 1 saturated heterocycles. The predicted molar refractivity (Wildman–Crippen MR) is 81.1 cm³/mol. The molecule has 0 spiro atoms. The monoisotopic (exact) mass is 344 g/mol. The van der Waals surface area contributed by atoms with Gasteiger partial charge in [0.15, 0.2) is 5.69 Å². The van der Waals surface area contributed by atoms with Crippen LogP contribution in [0, 0.1) is 12.8 Å². The molecule has 2 amide bonds. The molecule has 128 valence electrons. The van der Waals surface area contributed by atoms with Gasteiger partial charge in [0.25, 0.3) is 5.91 Å². The van der Waals surface area contributed by atoms with Gasteiger partial charge in [-0.05, 0) is 6.92 Å². The number of carbonyl (C=O) groups excluding carboxylic acids is 2. The van der Waals surface area contributed by atoms with E-state index in [0.29, 0.717) is 5.76 Å². The lowest BCUT2D eigenvalue weighted by atomic mass is 10.1. The van der Waals surface area contributed by atoms with Crippen molar-refractivity contribution in [1.82, 2.24) is 19.7 Å².